The lowest BCUT2D eigenvalue weighted by Crippen LogP contribution is -2.57. The van der Waals surface area contributed by atoms with Crippen molar-refractivity contribution in [2.75, 3.05) is 7.11 Å². The van der Waals surface area contributed by atoms with Crippen molar-refractivity contribution < 1.29 is 4.74 Å². The minimum Gasteiger partial charge on any atom is -0.381 e. The van der Waals surface area contributed by atoms with Crippen LogP contribution < -0.4 is 0 Å². The summed E-state index contributed by atoms with van der Waals surface area (Å²) in [5.74, 6) is 6.68. The van der Waals surface area contributed by atoms with Crippen LogP contribution in [0.5, 0.6) is 0 Å². The predicted molar refractivity (Wildman–Crippen MR) is 122 cm³/mol. The summed E-state index contributed by atoms with van der Waals surface area (Å²) >= 11 is 0. The fourth-order valence-electron chi connectivity index (χ4n) is 10.6. The molecular formula is C28H48O. The third-order valence-corrected chi connectivity index (χ3v) is 12.0. The number of rotatable bonds is 6. The Bertz CT molecular complexity index is 626. The Hall–Kier alpha value is -0.0400. The van der Waals surface area contributed by atoms with Crippen molar-refractivity contribution in [3.8, 4) is 0 Å². The summed E-state index contributed by atoms with van der Waals surface area (Å²) in [5, 5.41) is 0. The van der Waals surface area contributed by atoms with Gasteiger partial charge >= 0.3 is 0 Å². The van der Waals surface area contributed by atoms with Gasteiger partial charge in [0.15, 0.2) is 0 Å². The Labute approximate surface area is 181 Å². The standard InChI is InChI=1S/C28H48O/c1-18(2)8-7-9-19(3)22-10-11-23-21-16-25(29-6)28-17-20(28)12-15-27(28,5)24(21)13-14-26(22,23)4/h18-25H,7-17H2,1-6H3/t19-,20?,21?,22?,23?,24?,25?,26-,27-,28?/m1/s1. The topological polar surface area (TPSA) is 9.23 Å². The molecule has 5 aliphatic rings. The van der Waals surface area contributed by atoms with Crippen LogP contribution in [0.3, 0.4) is 0 Å². The summed E-state index contributed by atoms with van der Waals surface area (Å²) in [7, 11) is 2.03. The maximum atomic E-state index is 6.30. The summed E-state index contributed by atoms with van der Waals surface area (Å²) in [5.41, 5.74) is 1.78. The number of hydrogen-bond acceptors (Lipinski definition) is 1. The lowest BCUT2D eigenvalue weighted by molar-refractivity contribution is -0.161. The zero-order chi connectivity index (χ0) is 20.6. The molecule has 0 aromatic carbocycles. The van der Waals surface area contributed by atoms with Gasteiger partial charge in [-0.3, -0.25) is 0 Å². The Morgan fingerprint density at radius 2 is 1.72 bits per heavy atom. The molecule has 5 saturated carbocycles. The summed E-state index contributed by atoms with van der Waals surface area (Å²) in [6.45, 7) is 12.8. The van der Waals surface area contributed by atoms with Crippen molar-refractivity contribution in [1.82, 2.24) is 0 Å². The Morgan fingerprint density at radius 1 is 0.931 bits per heavy atom. The van der Waals surface area contributed by atoms with E-state index in [-0.39, 0.29) is 0 Å². The summed E-state index contributed by atoms with van der Waals surface area (Å²) in [6.07, 6.45) is 16.8. The highest BCUT2D eigenvalue weighted by atomic mass is 16.5. The van der Waals surface area contributed by atoms with Gasteiger partial charge in [0.1, 0.15) is 0 Å². The highest BCUT2D eigenvalue weighted by Gasteiger charge is 2.77. The first-order chi connectivity index (χ1) is 13.8. The minimum absolute atomic E-state index is 0.561. The number of ether oxygens (including phenoxy) is 1. The lowest BCUT2D eigenvalue weighted by atomic mass is 9.45. The second-order valence-corrected chi connectivity index (χ2v) is 13.3. The Kier molecular flexibility index (Phi) is 5.02. The number of methoxy groups -OCH3 is 1. The summed E-state index contributed by atoms with van der Waals surface area (Å²) in [4.78, 5) is 0. The van der Waals surface area contributed by atoms with Crippen LogP contribution in [-0.2, 0) is 4.74 Å². The number of hydrogen-bond donors (Lipinski definition) is 0. The van der Waals surface area contributed by atoms with Crippen LogP contribution in [0.25, 0.3) is 0 Å². The van der Waals surface area contributed by atoms with Crippen molar-refractivity contribution >= 4 is 0 Å². The van der Waals surface area contributed by atoms with Gasteiger partial charge in [0.2, 0.25) is 0 Å². The van der Waals surface area contributed by atoms with Crippen LogP contribution >= 0.6 is 0 Å². The molecule has 0 N–H and O–H groups in total. The highest BCUT2D eigenvalue weighted by molar-refractivity contribution is 5.26. The molecule has 1 spiro atoms. The molecule has 0 bridgehead atoms. The molecule has 0 heterocycles. The molecule has 1 nitrogen and oxygen atoms in total. The van der Waals surface area contributed by atoms with Gasteiger partial charge in [0.05, 0.1) is 6.10 Å². The molecule has 5 fully saturated rings. The summed E-state index contributed by atoms with van der Waals surface area (Å²) < 4.78 is 6.30. The molecule has 0 saturated heterocycles. The van der Waals surface area contributed by atoms with Gasteiger partial charge in [-0.25, -0.2) is 0 Å². The molecule has 0 aromatic heterocycles. The molecule has 10 atom stereocenters. The monoisotopic (exact) mass is 400 g/mol. The average Bonchev–Trinajstić information content (AvgIpc) is 3.18. The van der Waals surface area contributed by atoms with Crippen molar-refractivity contribution in [3.63, 3.8) is 0 Å². The second kappa shape index (κ2) is 6.98. The van der Waals surface area contributed by atoms with E-state index in [1.165, 1.54) is 70.6 Å². The van der Waals surface area contributed by atoms with Crippen molar-refractivity contribution in [2.24, 2.45) is 57.7 Å². The van der Waals surface area contributed by atoms with Crippen LogP contribution in [-0.4, -0.2) is 13.2 Å². The zero-order valence-electron chi connectivity index (χ0n) is 20.3. The van der Waals surface area contributed by atoms with Crippen LogP contribution in [0.4, 0.5) is 0 Å². The van der Waals surface area contributed by atoms with E-state index in [0.717, 1.165) is 41.4 Å². The average molecular weight is 401 g/mol. The van der Waals surface area contributed by atoms with E-state index >= 15 is 0 Å². The van der Waals surface area contributed by atoms with Crippen LogP contribution in [0.2, 0.25) is 0 Å². The Morgan fingerprint density at radius 3 is 2.41 bits per heavy atom. The quantitative estimate of drug-likeness (QED) is 0.443. The first-order valence-corrected chi connectivity index (χ1v) is 13.3. The molecule has 5 rings (SSSR count). The molecule has 29 heavy (non-hydrogen) atoms. The normalized spacial score (nSPS) is 53.9. The first-order valence-electron chi connectivity index (χ1n) is 13.3. The summed E-state index contributed by atoms with van der Waals surface area (Å²) in [6, 6.07) is 0. The van der Waals surface area contributed by atoms with Crippen LogP contribution in [0, 0.1) is 57.7 Å². The maximum absolute atomic E-state index is 6.30. The van der Waals surface area contributed by atoms with Crippen LogP contribution in [0.15, 0.2) is 0 Å². The zero-order valence-corrected chi connectivity index (χ0v) is 20.3. The lowest BCUT2D eigenvalue weighted by Gasteiger charge is -2.61. The molecule has 1 heteroatoms. The smallest absolute Gasteiger partial charge is 0.0638 e. The van der Waals surface area contributed by atoms with Gasteiger partial charge in [-0.05, 0) is 104 Å². The van der Waals surface area contributed by atoms with E-state index < -0.39 is 0 Å². The number of fused-ring (bicyclic) bond motifs is 4. The van der Waals surface area contributed by atoms with Gasteiger partial charge in [-0.15, -0.1) is 0 Å². The molecule has 0 amide bonds. The van der Waals surface area contributed by atoms with E-state index in [0.29, 0.717) is 22.3 Å². The van der Waals surface area contributed by atoms with Crippen molar-refractivity contribution in [2.45, 2.75) is 111 Å². The second-order valence-electron chi connectivity index (χ2n) is 13.3. The first kappa shape index (κ1) is 20.8. The van der Waals surface area contributed by atoms with Gasteiger partial charge < -0.3 is 4.74 Å². The fourth-order valence-corrected chi connectivity index (χ4v) is 10.6. The molecule has 5 aliphatic carbocycles. The predicted octanol–water partition coefficient (Wildman–Crippen LogP) is 7.73. The van der Waals surface area contributed by atoms with Gasteiger partial charge in [-0.1, -0.05) is 53.9 Å². The van der Waals surface area contributed by atoms with Crippen molar-refractivity contribution in [3.05, 3.63) is 0 Å². The largest absolute Gasteiger partial charge is 0.381 e. The Balaban J connectivity index is 1.35. The molecule has 0 aliphatic heterocycles. The van der Waals surface area contributed by atoms with E-state index in [1.54, 1.807) is 0 Å². The molecule has 7 unspecified atom stereocenters. The maximum Gasteiger partial charge on any atom is 0.0638 e. The van der Waals surface area contributed by atoms with Gasteiger partial charge in [-0.2, -0.15) is 0 Å². The minimum atomic E-state index is 0.561. The molecule has 166 valence electrons. The van der Waals surface area contributed by atoms with E-state index in [1.807, 2.05) is 7.11 Å². The van der Waals surface area contributed by atoms with Gasteiger partial charge in [0, 0.05) is 12.5 Å². The fraction of sp³-hybridized carbons (Fsp3) is 1.00. The van der Waals surface area contributed by atoms with E-state index in [2.05, 4.69) is 34.6 Å². The van der Waals surface area contributed by atoms with Crippen LogP contribution in [0.1, 0.15) is 105 Å². The van der Waals surface area contributed by atoms with E-state index in [4.69, 9.17) is 4.74 Å². The van der Waals surface area contributed by atoms with Crippen molar-refractivity contribution in [1.29, 1.82) is 0 Å². The third-order valence-electron chi connectivity index (χ3n) is 12.0. The molecule has 0 aromatic rings. The highest BCUT2D eigenvalue weighted by Crippen LogP contribution is 2.82. The third kappa shape index (κ3) is 2.74. The molecular weight excluding hydrogens is 352 g/mol. The SMILES string of the molecule is COC1CC2C3CCC([C@H](C)CCCC(C)C)[C@@]3(C)CCC2[C@@]2(C)CCC3CC312. The van der Waals surface area contributed by atoms with E-state index in [9.17, 15) is 0 Å². The van der Waals surface area contributed by atoms with Gasteiger partial charge in [0.25, 0.3) is 0 Å². The molecule has 0 radical (unpaired) electrons.